The molecule has 3 nitrogen and oxygen atoms in total. The number of rotatable bonds is 6. The number of benzene rings is 1. The monoisotopic (exact) mass is 229 g/mol. The van der Waals surface area contributed by atoms with Gasteiger partial charge >= 0.3 is 0 Å². The smallest absolute Gasteiger partial charge is 0.254 e. The zero-order valence-corrected chi connectivity index (χ0v) is 9.63. The van der Waals surface area contributed by atoms with E-state index in [9.17, 15) is 9.59 Å². The van der Waals surface area contributed by atoms with Crippen LogP contribution in [0.25, 0.3) is 0 Å². The summed E-state index contributed by atoms with van der Waals surface area (Å²) in [6.07, 6.45) is 4.09. The second kappa shape index (κ2) is 6.43. The minimum absolute atomic E-state index is 0.0951. The summed E-state index contributed by atoms with van der Waals surface area (Å²) in [7, 11) is 0. The average molecular weight is 229 g/mol. The van der Waals surface area contributed by atoms with Gasteiger partial charge in [-0.05, 0) is 12.1 Å². The van der Waals surface area contributed by atoms with Gasteiger partial charge in [0.25, 0.3) is 5.91 Å². The first kappa shape index (κ1) is 12.9. The summed E-state index contributed by atoms with van der Waals surface area (Å²) in [5, 5.41) is 0. The number of carbonyl (C=O) groups excluding carboxylic acids is 2. The van der Waals surface area contributed by atoms with E-state index in [2.05, 4.69) is 13.2 Å². The standard InChI is InChI=1S/C14H15NO2/c1-3-9-15(10-4-2)14(17)13-7-5-12(11-16)6-8-13/h3-8,11H,1-2,9-10H2. The van der Waals surface area contributed by atoms with Crippen molar-refractivity contribution in [1.82, 2.24) is 4.90 Å². The first-order valence-electron chi connectivity index (χ1n) is 5.29. The first-order chi connectivity index (χ1) is 8.22. The van der Waals surface area contributed by atoms with E-state index >= 15 is 0 Å². The second-order valence-corrected chi connectivity index (χ2v) is 3.53. The van der Waals surface area contributed by atoms with Gasteiger partial charge in [0.1, 0.15) is 6.29 Å². The van der Waals surface area contributed by atoms with Crippen LogP contribution in [0.4, 0.5) is 0 Å². The molecular weight excluding hydrogens is 214 g/mol. The molecule has 0 saturated carbocycles. The highest BCUT2D eigenvalue weighted by Crippen LogP contribution is 2.07. The zero-order chi connectivity index (χ0) is 12.7. The van der Waals surface area contributed by atoms with Crippen molar-refractivity contribution in [3.05, 3.63) is 60.7 Å². The van der Waals surface area contributed by atoms with Gasteiger partial charge < -0.3 is 4.90 Å². The minimum atomic E-state index is -0.0951. The Morgan fingerprint density at radius 1 is 1.12 bits per heavy atom. The Bertz CT molecular complexity index is 410. The van der Waals surface area contributed by atoms with Crippen LogP contribution < -0.4 is 0 Å². The molecule has 0 fully saturated rings. The summed E-state index contributed by atoms with van der Waals surface area (Å²) in [5.41, 5.74) is 1.11. The van der Waals surface area contributed by atoms with Crippen LogP contribution in [0, 0.1) is 0 Å². The van der Waals surface area contributed by atoms with Gasteiger partial charge in [-0.1, -0.05) is 24.3 Å². The highest BCUT2D eigenvalue weighted by atomic mass is 16.2. The van der Waals surface area contributed by atoms with Gasteiger partial charge in [-0.3, -0.25) is 9.59 Å². The Kier molecular flexibility index (Phi) is 4.88. The van der Waals surface area contributed by atoms with E-state index < -0.39 is 0 Å². The lowest BCUT2D eigenvalue weighted by Gasteiger charge is -2.19. The van der Waals surface area contributed by atoms with Crippen molar-refractivity contribution in [2.24, 2.45) is 0 Å². The summed E-state index contributed by atoms with van der Waals surface area (Å²) >= 11 is 0. The molecule has 0 heterocycles. The van der Waals surface area contributed by atoms with Crippen molar-refractivity contribution < 1.29 is 9.59 Å². The third-order valence-electron chi connectivity index (χ3n) is 2.28. The van der Waals surface area contributed by atoms with Crippen molar-refractivity contribution >= 4 is 12.2 Å². The quantitative estimate of drug-likeness (QED) is 0.554. The fourth-order valence-corrected chi connectivity index (χ4v) is 1.44. The summed E-state index contributed by atoms with van der Waals surface area (Å²) in [5.74, 6) is -0.0951. The molecule has 0 unspecified atom stereocenters. The van der Waals surface area contributed by atoms with E-state index in [-0.39, 0.29) is 5.91 Å². The molecule has 0 saturated heterocycles. The van der Waals surface area contributed by atoms with Crippen LogP contribution in [0.1, 0.15) is 20.7 Å². The van der Waals surface area contributed by atoms with Gasteiger partial charge in [-0.15, -0.1) is 13.2 Å². The van der Waals surface area contributed by atoms with Gasteiger partial charge in [0.15, 0.2) is 0 Å². The molecule has 88 valence electrons. The van der Waals surface area contributed by atoms with E-state index in [4.69, 9.17) is 0 Å². The van der Waals surface area contributed by atoms with Gasteiger partial charge in [-0.2, -0.15) is 0 Å². The molecule has 0 radical (unpaired) electrons. The number of amides is 1. The van der Waals surface area contributed by atoms with Crippen LogP contribution in [0.2, 0.25) is 0 Å². The van der Waals surface area contributed by atoms with E-state index in [0.29, 0.717) is 24.2 Å². The maximum Gasteiger partial charge on any atom is 0.254 e. The Balaban J connectivity index is 2.87. The lowest BCUT2D eigenvalue weighted by atomic mass is 10.1. The van der Waals surface area contributed by atoms with Gasteiger partial charge in [0, 0.05) is 24.2 Å². The number of hydrogen-bond donors (Lipinski definition) is 0. The third kappa shape index (κ3) is 3.41. The van der Waals surface area contributed by atoms with Crippen molar-refractivity contribution in [3.63, 3.8) is 0 Å². The summed E-state index contributed by atoms with van der Waals surface area (Å²) in [6, 6.07) is 6.54. The highest BCUT2D eigenvalue weighted by molar-refractivity contribution is 5.95. The molecule has 1 amide bonds. The molecule has 1 aromatic carbocycles. The van der Waals surface area contributed by atoms with Crippen LogP contribution in [0.3, 0.4) is 0 Å². The van der Waals surface area contributed by atoms with Crippen LogP contribution in [0.5, 0.6) is 0 Å². The lowest BCUT2D eigenvalue weighted by Crippen LogP contribution is -2.31. The Labute approximate surface area is 101 Å². The van der Waals surface area contributed by atoms with Crippen LogP contribution in [-0.4, -0.2) is 30.2 Å². The number of carbonyl (C=O) groups is 2. The van der Waals surface area contributed by atoms with Crippen molar-refractivity contribution in [2.45, 2.75) is 0 Å². The molecule has 0 aliphatic rings. The Morgan fingerprint density at radius 2 is 1.65 bits per heavy atom. The van der Waals surface area contributed by atoms with Gasteiger partial charge in [-0.25, -0.2) is 0 Å². The number of hydrogen-bond acceptors (Lipinski definition) is 2. The summed E-state index contributed by atoms with van der Waals surface area (Å²) in [6.45, 7) is 8.17. The SMILES string of the molecule is C=CCN(CC=C)C(=O)c1ccc(C=O)cc1. The fourth-order valence-electron chi connectivity index (χ4n) is 1.44. The largest absolute Gasteiger partial charge is 0.331 e. The molecule has 0 spiro atoms. The molecule has 0 aliphatic heterocycles. The second-order valence-electron chi connectivity index (χ2n) is 3.53. The highest BCUT2D eigenvalue weighted by Gasteiger charge is 2.12. The average Bonchev–Trinajstić information content (AvgIpc) is 2.38. The molecule has 1 rings (SSSR count). The van der Waals surface area contributed by atoms with E-state index in [1.165, 1.54) is 0 Å². The number of nitrogens with zero attached hydrogens (tertiary/aromatic N) is 1. The molecule has 0 atom stereocenters. The molecule has 0 aliphatic carbocycles. The molecule has 3 heteroatoms. The zero-order valence-electron chi connectivity index (χ0n) is 9.63. The Morgan fingerprint density at radius 3 is 2.06 bits per heavy atom. The maximum atomic E-state index is 12.1. The minimum Gasteiger partial charge on any atom is -0.331 e. The molecule has 17 heavy (non-hydrogen) atoms. The van der Waals surface area contributed by atoms with Crippen molar-refractivity contribution in [3.8, 4) is 0 Å². The molecular formula is C14H15NO2. The molecule has 0 aromatic heterocycles. The molecule has 1 aromatic rings. The normalized spacial score (nSPS) is 9.41. The maximum absolute atomic E-state index is 12.1. The summed E-state index contributed by atoms with van der Waals surface area (Å²) < 4.78 is 0. The lowest BCUT2D eigenvalue weighted by molar-refractivity contribution is 0.0790. The topological polar surface area (TPSA) is 37.4 Å². The third-order valence-corrected chi connectivity index (χ3v) is 2.28. The van der Waals surface area contributed by atoms with Crippen LogP contribution >= 0.6 is 0 Å². The van der Waals surface area contributed by atoms with E-state index in [1.807, 2.05) is 0 Å². The Hall–Kier alpha value is -2.16. The van der Waals surface area contributed by atoms with Gasteiger partial charge in [0.05, 0.1) is 0 Å². The number of aldehydes is 1. The van der Waals surface area contributed by atoms with Crippen LogP contribution in [0.15, 0.2) is 49.6 Å². The van der Waals surface area contributed by atoms with Crippen molar-refractivity contribution in [2.75, 3.05) is 13.1 Å². The predicted molar refractivity (Wildman–Crippen MR) is 68.1 cm³/mol. The van der Waals surface area contributed by atoms with Crippen molar-refractivity contribution in [1.29, 1.82) is 0 Å². The van der Waals surface area contributed by atoms with E-state index in [1.54, 1.807) is 41.3 Å². The van der Waals surface area contributed by atoms with Crippen LogP contribution in [-0.2, 0) is 0 Å². The molecule has 0 bridgehead atoms. The molecule has 0 N–H and O–H groups in total. The van der Waals surface area contributed by atoms with E-state index in [0.717, 1.165) is 6.29 Å². The summed E-state index contributed by atoms with van der Waals surface area (Å²) in [4.78, 5) is 24.2. The van der Waals surface area contributed by atoms with Gasteiger partial charge in [0.2, 0.25) is 0 Å². The fraction of sp³-hybridized carbons (Fsp3) is 0.143. The predicted octanol–water partition coefficient (Wildman–Crippen LogP) is 2.31. The first-order valence-corrected chi connectivity index (χ1v) is 5.29.